The van der Waals surface area contributed by atoms with Crippen molar-refractivity contribution < 1.29 is 13.2 Å². The molecule has 1 saturated carbocycles. The Kier molecular flexibility index (Phi) is 5.96. The molecule has 2 aliphatic rings. The van der Waals surface area contributed by atoms with E-state index < -0.39 is 14.8 Å². The number of carbonyl (C=O) groups is 1. The van der Waals surface area contributed by atoms with E-state index in [1.165, 1.54) is 24.0 Å². The van der Waals surface area contributed by atoms with Gasteiger partial charge in [0.25, 0.3) is 0 Å². The maximum atomic E-state index is 12.8. The zero-order chi connectivity index (χ0) is 19.7. The summed E-state index contributed by atoms with van der Waals surface area (Å²) in [6, 6.07) is 6.13. The fraction of sp³-hybridized carbons (Fsp3) is 0.667. The number of rotatable bonds is 4. The van der Waals surface area contributed by atoms with Gasteiger partial charge in [-0.15, -0.1) is 0 Å². The molecule has 1 aromatic rings. The molecular formula is C21H32N2O3S. The fourth-order valence-corrected chi connectivity index (χ4v) is 5.03. The second-order valence-corrected chi connectivity index (χ2v) is 11.4. The Morgan fingerprint density at radius 1 is 1.04 bits per heavy atom. The van der Waals surface area contributed by atoms with Crippen LogP contribution in [0.2, 0.25) is 0 Å². The number of carbonyl (C=O) groups excluding carboxylic acids is 1. The van der Waals surface area contributed by atoms with Crippen LogP contribution < -0.4 is 10.0 Å². The molecule has 5 nitrogen and oxygen atoms in total. The molecule has 0 bridgehead atoms. The molecule has 0 saturated heterocycles. The van der Waals surface area contributed by atoms with Crippen molar-refractivity contribution in [3.8, 4) is 0 Å². The molecule has 27 heavy (non-hydrogen) atoms. The zero-order valence-electron chi connectivity index (χ0n) is 16.7. The molecule has 6 heteroatoms. The van der Waals surface area contributed by atoms with Gasteiger partial charge < -0.3 is 5.32 Å². The minimum absolute atomic E-state index is 0.0418. The number of sulfonamides is 1. The van der Waals surface area contributed by atoms with Gasteiger partial charge in [-0.2, -0.15) is 0 Å². The van der Waals surface area contributed by atoms with Gasteiger partial charge in [0.1, 0.15) is 0 Å². The topological polar surface area (TPSA) is 75.3 Å². The van der Waals surface area contributed by atoms with Gasteiger partial charge >= 0.3 is 0 Å². The molecule has 0 aliphatic heterocycles. The lowest BCUT2D eigenvalue weighted by Crippen LogP contribution is -2.46. The summed E-state index contributed by atoms with van der Waals surface area (Å²) < 4.78 is 26.7. The van der Waals surface area contributed by atoms with Crippen LogP contribution in [0, 0.1) is 5.92 Å². The van der Waals surface area contributed by atoms with E-state index in [0.29, 0.717) is 12.8 Å². The number of fused-ring (bicyclic) bond motifs is 1. The van der Waals surface area contributed by atoms with Crippen LogP contribution >= 0.6 is 0 Å². The monoisotopic (exact) mass is 392 g/mol. The fourth-order valence-electron chi connectivity index (χ4n) is 4.00. The molecule has 3 rings (SSSR count). The highest BCUT2D eigenvalue weighted by molar-refractivity contribution is 7.90. The molecule has 1 aromatic carbocycles. The van der Waals surface area contributed by atoms with Crippen molar-refractivity contribution in [2.24, 2.45) is 5.92 Å². The molecule has 2 N–H and O–H groups in total. The molecular weight excluding hydrogens is 360 g/mol. The van der Waals surface area contributed by atoms with Crippen LogP contribution in [0.4, 0.5) is 5.69 Å². The lowest BCUT2D eigenvalue weighted by Gasteiger charge is -2.31. The molecule has 150 valence electrons. The van der Waals surface area contributed by atoms with Crippen LogP contribution in [0.1, 0.15) is 70.4 Å². The Morgan fingerprint density at radius 3 is 2.37 bits per heavy atom. The maximum Gasteiger partial charge on any atom is 0.227 e. The summed E-state index contributed by atoms with van der Waals surface area (Å²) in [5.41, 5.74) is 3.62. The third-order valence-electron chi connectivity index (χ3n) is 5.88. The van der Waals surface area contributed by atoms with Gasteiger partial charge in [0.15, 0.2) is 0 Å². The van der Waals surface area contributed by atoms with E-state index in [9.17, 15) is 13.2 Å². The Bertz CT molecular complexity index is 788. The number of benzene rings is 1. The van der Waals surface area contributed by atoms with Gasteiger partial charge in [0.05, 0.1) is 4.75 Å². The van der Waals surface area contributed by atoms with Crippen LogP contribution in [0.5, 0.6) is 0 Å². The van der Waals surface area contributed by atoms with Crippen LogP contribution in [-0.4, -0.2) is 25.1 Å². The Balaban J connectivity index is 1.57. The number of hydrogen-bond donors (Lipinski definition) is 2. The second kappa shape index (κ2) is 7.92. The summed E-state index contributed by atoms with van der Waals surface area (Å²) in [6.07, 6.45) is 7.39. The van der Waals surface area contributed by atoms with Gasteiger partial charge in [-0.25, -0.2) is 13.1 Å². The predicted octanol–water partition coefficient (Wildman–Crippen LogP) is 3.78. The largest absolute Gasteiger partial charge is 0.326 e. The number of aryl methyl sites for hydroxylation is 1. The van der Waals surface area contributed by atoms with Crippen molar-refractivity contribution >= 4 is 21.6 Å². The minimum atomic E-state index is -3.34. The maximum absolute atomic E-state index is 12.8. The lowest BCUT2D eigenvalue weighted by molar-refractivity contribution is -0.120. The summed E-state index contributed by atoms with van der Waals surface area (Å²) in [4.78, 5) is 12.8. The quantitative estimate of drug-likeness (QED) is 0.819. The average molecular weight is 393 g/mol. The van der Waals surface area contributed by atoms with Crippen molar-refractivity contribution in [1.82, 2.24) is 4.72 Å². The molecule has 0 heterocycles. The first-order chi connectivity index (χ1) is 12.7. The van der Waals surface area contributed by atoms with Gasteiger partial charge in [-0.3, -0.25) is 4.79 Å². The summed E-state index contributed by atoms with van der Waals surface area (Å²) in [5, 5.41) is 3.15. The summed E-state index contributed by atoms with van der Waals surface area (Å²) in [7, 11) is -3.34. The highest BCUT2D eigenvalue weighted by Crippen LogP contribution is 2.31. The van der Waals surface area contributed by atoms with E-state index in [4.69, 9.17) is 0 Å². The molecule has 1 fully saturated rings. The number of hydrogen-bond acceptors (Lipinski definition) is 3. The minimum Gasteiger partial charge on any atom is -0.326 e. The van der Waals surface area contributed by atoms with Crippen LogP contribution in [0.25, 0.3) is 0 Å². The van der Waals surface area contributed by atoms with Crippen LogP contribution in [0.15, 0.2) is 18.2 Å². The van der Waals surface area contributed by atoms with E-state index in [-0.39, 0.29) is 17.9 Å². The number of anilines is 1. The smallest absolute Gasteiger partial charge is 0.227 e. The van der Waals surface area contributed by atoms with E-state index in [0.717, 1.165) is 31.4 Å². The Hall–Kier alpha value is -1.40. The van der Waals surface area contributed by atoms with Crippen molar-refractivity contribution in [2.45, 2.75) is 82.9 Å². The number of amides is 1. The van der Waals surface area contributed by atoms with Crippen LogP contribution in [0.3, 0.4) is 0 Å². The summed E-state index contributed by atoms with van der Waals surface area (Å²) in [5.74, 6) is 0.0333. The summed E-state index contributed by atoms with van der Waals surface area (Å²) >= 11 is 0. The first kappa shape index (κ1) is 20.3. The highest BCUT2D eigenvalue weighted by atomic mass is 32.2. The molecule has 0 spiro atoms. The third kappa shape index (κ3) is 4.72. The normalized spacial score (nSPS) is 23.5. The van der Waals surface area contributed by atoms with Crippen molar-refractivity contribution in [1.29, 1.82) is 0 Å². The predicted molar refractivity (Wildman–Crippen MR) is 109 cm³/mol. The second-order valence-electron chi connectivity index (χ2n) is 8.92. The molecule has 1 amide bonds. The lowest BCUT2D eigenvalue weighted by atomic mass is 9.85. The SMILES string of the molecule is CC(C)(C)S(=O)(=O)NC1CCC(C(=O)Nc2cccc3c2CCCC3)CC1. The van der Waals surface area contributed by atoms with E-state index >= 15 is 0 Å². The number of nitrogens with one attached hydrogen (secondary N) is 2. The van der Waals surface area contributed by atoms with Crippen molar-refractivity contribution in [3.05, 3.63) is 29.3 Å². The first-order valence-electron chi connectivity index (χ1n) is 10.1. The molecule has 0 aromatic heterocycles. The Labute approximate surface area is 163 Å². The standard InChI is InChI=1S/C21H32N2O3S/c1-21(2,3)27(25,26)23-17-13-11-16(12-14-17)20(24)22-19-10-6-8-15-7-4-5-9-18(15)19/h6,8,10,16-17,23H,4-5,7,9,11-14H2,1-3H3,(H,22,24). The van der Waals surface area contributed by atoms with E-state index in [1.807, 2.05) is 12.1 Å². The Morgan fingerprint density at radius 2 is 1.70 bits per heavy atom. The third-order valence-corrected chi connectivity index (χ3v) is 8.14. The van der Waals surface area contributed by atoms with E-state index in [1.54, 1.807) is 20.8 Å². The van der Waals surface area contributed by atoms with Crippen LogP contribution in [-0.2, 0) is 27.7 Å². The van der Waals surface area contributed by atoms with Crippen molar-refractivity contribution in [3.63, 3.8) is 0 Å². The van der Waals surface area contributed by atoms with Gasteiger partial charge in [-0.05, 0) is 89.3 Å². The van der Waals surface area contributed by atoms with Crippen molar-refractivity contribution in [2.75, 3.05) is 5.32 Å². The molecule has 2 aliphatic carbocycles. The van der Waals surface area contributed by atoms with Gasteiger partial charge in [0.2, 0.25) is 15.9 Å². The molecule has 0 atom stereocenters. The summed E-state index contributed by atoms with van der Waals surface area (Å²) in [6.45, 7) is 5.11. The average Bonchev–Trinajstić information content (AvgIpc) is 2.61. The zero-order valence-corrected chi connectivity index (χ0v) is 17.5. The molecule has 0 unspecified atom stereocenters. The highest BCUT2D eigenvalue weighted by Gasteiger charge is 2.34. The van der Waals surface area contributed by atoms with E-state index in [2.05, 4.69) is 16.1 Å². The molecule has 0 radical (unpaired) electrons. The van der Waals surface area contributed by atoms with Gasteiger partial charge in [-0.1, -0.05) is 12.1 Å². The first-order valence-corrected chi connectivity index (χ1v) is 11.6. The van der Waals surface area contributed by atoms with Gasteiger partial charge in [0, 0.05) is 17.6 Å².